The van der Waals surface area contributed by atoms with E-state index < -0.39 is 17.7 Å². The lowest BCUT2D eigenvalue weighted by Crippen LogP contribution is -2.29. The largest absolute Gasteiger partial charge is 0.504 e. The number of nitrogens with zero attached hydrogens (tertiary/aromatic N) is 1. The molecular formula is C12H12N2O5. The first-order chi connectivity index (χ1) is 8.99. The van der Waals surface area contributed by atoms with Crippen molar-refractivity contribution >= 4 is 5.97 Å². The van der Waals surface area contributed by atoms with Crippen LogP contribution in [0.4, 0.5) is 0 Å². The Morgan fingerprint density at radius 2 is 2.05 bits per heavy atom. The van der Waals surface area contributed by atoms with Gasteiger partial charge in [0.15, 0.2) is 11.5 Å². The van der Waals surface area contributed by atoms with E-state index in [9.17, 15) is 19.8 Å². The number of aromatic nitrogens is 2. The number of hydrogen-bond donors (Lipinski definition) is 4. The summed E-state index contributed by atoms with van der Waals surface area (Å²) < 4.78 is 1.06. The SMILES string of the molecule is O=C(O)C(Cc1ccc(O)c(O)c1)n1cc[nH]c1=O. The van der Waals surface area contributed by atoms with Gasteiger partial charge in [-0.15, -0.1) is 0 Å². The van der Waals surface area contributed by atoms with E-state index in [0.717, 1.165) is 4.57 Å². The van der Waals surface area contributed by atoms with Crippen molar-refractivity contribution in [1.29, 1.82) is 0 Å². The number of imidazole rings is 1. The molecule has 1 heterocycles. The Bertz CT molecular complexity index is 658. The molecule has 100 valence electrons. The van der Waals surface area contributed by atoms with Crippen molar-refractivity contribution in [2.75, 3.05) is 0 Å². The number of carboxylic acid groups (broad SMARTS) is 1. The fraction of sp³-hybridized carbons (Fsp3) is 0.167. The first kappa shape index (κ1) is 12.7. The second-order valence-corrected chi connectivity index (χ2v) is 4.05. The Morgan fingerprint density at radius 3 is 2.58 bits per heavy atom. The van der Waals surface area contributed by atoms with Gasteiger partial charge in [-0.25, -0.2) is 9.59 Å². The summed E-state index contributed by atoms with van der Waals surface area (Å²) in [7, 11) is 0. The number of nitrogens with one attached hydrogen (secondary N) is 1. The molecule has 1 aromatic carbocycles. The van der Waals surface area contributed by atoms with Crippen LogP contribution in [0.2, 0.25) is 0 Å². The highest BCUT2D eigenvalue weighted by molar-refractivity contribution is 5.72. The van der Waals surface area contributed by atoms with E-state index in [4.69, 9.17) is 5.11 Å². The van der Waals surface area contributed by atoms with Gasteiger partial charge < -0.3 is 20.3 Å². The van der Waals surface area contributed by atoms with Gasteiger partial charge in [-0.1, -0.05) is 6.07 Å². The monoisotopic (exact) mass is 264 g/mol. The molecule has 1 aromatic heterocycles. The van der Waals surface area contributed by atoms with E-state index >= 15 is 0 Å². The molecule has 0 bridgehead atoms. The molecule has 0 radical (unpaired) electrons. The highest BCUT2D eigenvalue weighted by Crippen LogP contribution is 2.26. The number of aliphatic carboxylic acids is 1. The number of aromatic amines is 1. The van der Waals surface area contributed by atoms with Crippen molar-refractivity contribution in [1.82, 2.24) is 9.55 Å². The number of carbonyl (C=O) groups is 1. The second kappa shape index (κ2) is 4.89. The van der Waals surface area contributed by atoms with Crippen molar-refractivity contribution in [3.05, 3.63) is 46.6 Å². The van der Waals surface area contributed by atoms with Gasteiger partial charge in [0, 0.05) is 18.8 Å². The van der Waals surface area contributed by atoms with E-state index in [1.54, 1.807) is 0 Å². The van der Waals surface area contributed by atoms with Crippen LogP contribution in [-0.2, 0) is 11.2 Å². The van der Waals surface area contributed by atoms with Crippen molar-refractivity contribution in [3.8, 4) is 11.5 Å². The smallest absolute Gasteiger partial charge is 0.327 e. The number of hydrogen-bond acceptors (Lipinski definition) is 4. The fourth-order valence-corrected chi connectivity index (χ4v) is 1.80. The third-order valence-electron chi connectivity index (χ3n) is 2.77. The minimum Gasteiger partial charge on any atom is -0.504 e. The Morgan fingerprint density at radius 1 is 1.32 bits per heavy atom. The molecule has 0 aliphatic carbocycles. The first-order valence-electron chi connectivity index (χ1n) is 5.48. The molecular weight excluding hydrogens is 252 g/mol. The topological polar surface area (TPSA) is 116 Å². The minimum atomic E-state index is -1.16. The number of phenolic OH excluding ortho intramolecular Hbond substituents is 2. The average Bonchev–Trinajstić information content (AvgIpc) is 2.76. The molecule has 0 saturated heterocycles. The Labute approximate surface area is 107 Å². The van der Waals surface area contributed by atoms with E-state index in [1.807, 2.05) is 0 Å². The lowest BCUT2D eigenvalue weighted by atomic mass is 10.1. The second-order valence-electron chi connectivity index (χ2n) is 4.05. The molecule has 0 aliphatic rings. The van der Waals surface area contributed by atoms with Crippen LogP contribution in [-0.4, -0.2) is 30.8 Å². The number of H-pyrrole nitrogens is 1. The van der Waals surface area contributed by atoms with Crippen molar-refractivity contribution in [2.24, 2.45) is 0 Å². The van der Waals surface area contributed by atoms with Crippen molar-refractivity contribution < 1.29 is 20.1 Å². The summed E-state index contributed by atoms with van der Waals surface area (Å²) in [6.45, 7) is 0. The average molecular weight is 264 g/mol. The highest BCUT2D eigenvalue weighted by Gasteiger charge is 2.21. The molecule has 1 unspecified atom stereocenters. The van der Waals surface area contributed by atoms with Gasteiger partial charge in [0.2, 0.25) is 0 Å². The summed E-state index contributed by atoms with van der Waals surface area (Å²) in [5.74, 6) is -1.77. The van der Waals surface area contributed by atoms with Crippen LogP contribution in [0.1, 0.15) is 11.6 Å². The maximum atomic E-state index is 11.4. The third kappa shape index (κ3) is 2.59. The van der Waals surface area contributed by atoms with Gasteiger partial charge in [-0.3, -0.25) is 4.57 Å². The Hall–Kier alpha value is -2.70. The molecule has 0 amide bonds. The molecule has 1 atom stereocenters. The normalized spacial score (nSPS) is 12.2. The summed E-state index contributed by atoms with van der Waals surface area (Å²) in [5.41, 5.74) is -0.0220. The van der Waals surface area contributed by atoms with Crippen LogP contribution in [0.25, 0.3) is 0 Å². The van der Waals surface area contributed by atoms with Crippen LogP contribution >= 0.6 is 0 Å². The van der Waals surface area contributed by atoms with Crippen molar-refractivity contribution in [2.45, 2.75) is 12.5 Å². The molecule has 0 fully saturated rings. The Balaban J connectivity index is 2.32. The van der Waals surface area contributed by atoms with Gasteiger partial charge in [0.1, 0.15) is 6.04 Å². The first-order valence-corrected chi connectivity index (χ1v) is 5.48. The quantitative estimate of drug-likeness (QED) is 0.598. The van der Waals surface area contributed by atoms with Gasteiger partial charge in [0.25, 0.3) is 0 Å². The van der Waals surface area contributed by atoms with E-state index in [-0.39, 0.29) is 17.9 Å². The van der Waals surface area contributed by atoms with E-state index in [1.165, 1.54) is 30.6 Å². The van der Waals surface area contributed by atoms with Gasteiger partial charge in [0.05, 0.1) is 0 Å². The minimum absolute atomic E-state index is 0.0148. The molecule has 7 heteroatoms. The predicted molar refractivity (Wildman–Crippen MR) is 65.2 cm³/mol. The number of carboxylic acids is 1. The summed E-state index contributed by atoms with van der Waals surface area (Å²) in [6, 6.07) is 2.94. The zero-order valence-electron chi connectivity index (χ0n) is 9.78. The summed E-state index contributed by atoms with van der Waals surface area (Å²) in [6.07, 6.45) is 2.72. The van der Waals surface area contributed by atoms with E-state index in [0.29, 0.717) is 5.56 Å². The molecule has 2 rings (SSSR count). The van der Waals surface area contributed by atoms with Crippen LogP contribution in [0.5, 0.6) is 11.5 Å². The van der Waals surface area contributed by atoms with Crippen LogP contribution in [0.15, 0.2) is 35.4 Å². The number of phenols is 2. The van der Waals surface area contributed by atoms with Crippen LogP contribution < -0.4 is 5.69 Å². The van der Waals surface area contributed by atoms with Gasteiger partial charge >= 0.3 is 11.7 Å². The molecule has 0 spiro atoms. The van der Waals surface area contributed by atoms with Gasteiger partial charge in [-0.2, -0.15) is 0 Å². The molecule has 4 N–H and O–H groups in total. The summed E-state index contributed by atoms with van der Waals surface area (Å²) in [5, 5.41) is 27.7. The lowest BCUT2D eigenvalue weighted by Gasteiger charge is -2.13. The molecule has 0 saturated carbocycles. The molecule has 7 nitrogen and oxygen atoms in total. The molecule has 19 heavy (non-hydrogen) atoms. The lowest BCUT2D eigenvalue weighted by molar-refractivity contribution is -0.141. The number of aromatic hydroxyl groups is 2. The summed E-state index contributed by atoms with van der Waals surface area (Å²) >= 11 is 0. The van der Waals surface area contributed by atoms with Crippen LogP contribution in [0.3, 0.4) is 0 Å². The Kier molecular flexibility index (Phi) is 3.28. The highest BCUT2D eigenvalue weighted by atomic mass is 16.4. The third-order valence-corrected chi connectivity index (χ3v) is 2.77. The fourth-order valence-electron chi connectivity index (χ4n) is 1.80. The standard InChI is InChI=1S/C12H12N2O5/c15-9-2-1-7(6-10(9)16)5-8(11(17)18)14-4-3-13-12(14)19/h1-4,6,8,15-16H,5H2,(H,13,19)(H,17,18). The zero-order chi connectivity index (χ0) is 14.0. The maximum Gasteiger partial charge on any atom is 0.327 e. The number of benzene rings is 1. The number of rotatable bonds is 4. The maximum absolute atomic E-state index is 11.4. The van der Waals surface area contributed by atoms with Crippen LogP contribution in [0, 0.1) is 0 Å². The molecule has 2 aromatic rings. The zero-order valence-corrected chi connectivity index (χ0v) is 9.78. The van der Waals surface area contributed by atoms with Gasteiger partial charge in [-0.05, 0) is 17.7 Å². The molecule has 0 aliphatic heterocycles. The van der Waals surface area contributed by atoms with E-state index in [2.05, 4.69) is 4.98 Å². The summed E-state index contributed by atoms with van der Waals surface area (Å²) in [4.78, 5) is 25.0. The predicted octanol–water partition coefficient (Wildman–Crippen LogP) is 0.456. The van der Waals surface area contributed by atoms with Crippen molar-refractivity contribution in [3.63, 3.8) is 0 Å².